The van der Waals surface area contributed by atoms with Gasteiger partial charge in [0.25, 0.3) is 0 Å². The second kappa shape index (κ2) is 11.7. The summed E-state index contributed by atoms with van der Waals surface area (Å²) in [6.07, 6.45) is 0. The van der Waals surface area contributed by atoms with Gasteiger partial charge >= 0.3 is 38.6 Å². The molecule has 0 aliphatic heterocycles. The molecular formula is H11NaO7Si. The molecule has 0 aromatic carbocycles. The maximum atomic E-state index is 7.33. The van der Waals surface area contributed by atoms with E-state index in [0.717, 1.165) is 0 Å². The summed E-state index contributed by atoms with van der Waals surface area (Å²) >= 11 is 0. The molecule has 0 aliphatic carbocycles. The van der Waals surface area contributed by atoms with Crippen molar-refractivity contribution in [2.75, 3.05) is 0 Å². The molecule has 0 atom stereocenters. The fraction of sp³-hybridized carbons (Fsp3) is 0. The molecule has 0 saturated heterocycles. The van der Waals surface area contributed by atoms with E-state index in [4.69, 9.17) is 19.2 Å². The molecule has 0 heterocycles. The molecule has 0 aliphatic rings. The number of hydrogen-bond acceptors (Lipinski definition) is 4. The average Bonchev–Trinajstić information content (AvgIpc) is 0.722. The Kier molecular flexibility index (Phi) is 42.3. The summed E-state index contributed by atoms with van der Waals surface area (Å²) in [5.74, 6) is 0. The van der Waals surface area contributed by atoms with E-state index >= 15 is 0 Å². The van der Waals surface area contributed by atoms with Crippen molar-refractivity contribution in [3.63, 3.8) is 0 Å². The molecule has 0 rings (SSSR count). The first-order valence-corrected chi connectivity index (χ1v) is 2.68. The van der Waals surface area contributed by atoms with Crippen molar-refractivity contribution in [2.45, 2.75) is 0 Å². The van der Waals surface area contributed by atoms with Crippen LogP contribution in [0.25, 0.3) is 0 Å². The minimum atomic E-state index is -4.61. The zero-order chi connectivity index (χ0) is 4.50. The van der Waals surface area contributed by atoms with E-state index in [9.17, 15) is 0 Å². The third kappa shape index (κ3) is 490. The minimum absolute atomic E-state index is 0. The van der Waals surface area contributed by atoms with Gasteiger partial charge in [-0.3, -0.25) is 0 Å². The van der Waals surface area contributed by atoms with Crippen molar-refractivity contribution in [1.82, 2.24) is 0 Å². The molecule has 0 saturated carbocycles. The van der Waals surface area contributed by atoms with E-state index < -0.39 is 9.05 Å². The summed E-state index contributed by atoms with van der Waals surface area (Å²) in [7, 11) is -4.61. The molecule has 0 unspecified atom stereocenters. The van der Waals surface area contributed by atoms with Crippen LogP contribution in [0.1, 0.15) is 0 Å². The summed E-state index contributed by atoms with van der Waals surface area (Å²) in [4.78, 5) is 29.3. The van der Waals surface area contributed by atoms with Crippen LogP contribution < -0.4 is 0 Å². The van der Waals surface area contributed by atoms with E-state index in [1.165, 1.54) is 0 Å². The van der Waals surface area contributed by atoms with E-state index in [0.29, 0.717) is 0 Å². The van der Waals surface area contributed by atoms with E-state index in [1.54, 1.807) is 0 Å². The van der Waals surface area contributed by atoms with Crippen LogP contribution in [-0.2, 0) is 0 Å². The Bertz CT molecular complexity index is 24.4. The second-order valence-corrected chi connectivity index (χ2v) is 1.80. The van der Waals surface area contributed by atoms with Gasteiger partial charge < -0.3 is 35.6 Å². The first kappa shape index (κ1) is 32.6. The summed E-state index contributed by atoms with van der Waals surface area (Å²) in [5, 5.41) is 0. The third-order valence-corrected chi connectivity index (χ3v) is 0. The Balaban J connectivity index is -0.0000000133. The van der Waals surface area contributed by atoms with Crippen LogP contribution in [0, 0.1) is 0 Å². The van der Waals surface area contributed by atoms with Crippen molar-refractivity contribution in [3.05, 3.63) is 0 Å². The summed E-state index contributed by atoms with van der Waals surface area (Å²) in [5.41, 5.74) is 0. The fourth-order valence-electron chi connectivity index (χ4n) is 0. The molecule has 7 nitrogen and oxygen atoms in total. The SMILES string of the molecule is O.O.O.O[Si](O)(O)O.[NaH]. The van der Waals surface area contributed by atoms with Gasteiger partial charge in [-0.25, -0.2) is 0 Å². The topological polar surface area (TPSA) is 175 Å². The quantitative estimate of drug-likeness (QED) is 0.268. The van der Waals surface area contributed by atoms with Crippen molar-refractivity contribution in [1.29, 1.82) is 0 Å². The van der Waals surface area contributed by atoms with Gasteiger partial charge in [0, 0.05) is 0 Å². The van der Waals surface area contributed by atoms with Crippen molar-refractivity contribution >= 4 is 38.6 Å². The molecular weight excluding hydrogens is 163 g/mol. The van der Waals surface area contributed by atoms with Gasteiger partial charge in [-0.1, -0.05) is 0 Å². The molecule has 0 amide bonds. The fourth-order valence-corrected chi connectivity index (χ4v) is 0. The maximum absolute atomic E-state index is 7.33. The van der Waals surface area contributed by atoms with Gasteiger partial charge in [0.15, 0.2) is 0 Å². The molecule has 0 fully saturated rings. The molecule has 0 bridgehead atoms. The zero-order valence-corrected chi connectivity index (χ0v) is 4.79. The predicted molar refractivity (Wildman–Crippen MR) is 32.6 cm³/mol. The predicted octanol–water partition coefficient (Wildman–Crippen LogP) is -5.73. The first-order valence-electron chi connectivity index (χ1n) is 0.894. The summed E-state index contributed by atoms with van der Waals surface area (Å²) < 4.78 is 0. The normalized spacial score (nSPS) is 6.67. The molecule has 0 aromatic rings. The van der Waals surface area contributed by atoms with Crippen molar-refractivity contribution in [3.8, 4) is 0 Å². The van der Waals surface area contributed by atoms with Crippen LogP contribution in [0.5, 0.6) is 0 Å². The standard InChI is InChI=1S/Na.H4O4Si.3H2O.H/c;1-5(2,3)4;;;;/h;1-4H;3*1H2;. The van der Waals surface area contributed by atoms with Crippen molar-refractivity contribution < 1.29 is 35.6 Å². The molecule has 10 N–H and O–H groups in total. The van der Waals surface area contributed by atoms with Gasteiger partial charge in [-0.05, 0) is 0 Å². The Morgan fingerprint density at radius 1 is 0.667 bits per heavy atom. The van der Waals surface area contributed by atoms with Crippen LogP contribution in [0.15, 0.2) is 0 Å². The summed E-state index contributed by atoms with van der Waals surface area (Å²) in [6.45, 7) is 0. The number of rotatable bonds is 0. The number of hydrogen-bond donors (Lipinski definition) is 4. The summed E-state index contributed by atoms with van der Waals surface area (Å²) in [6, 6.07) is 0. The second-order valence-electron chi connectivity index (χ2n) is 0.600. The van der Waals surface area contributed by atoms with E-state index in [2.05, 4.69) is 0 Å². The van der Waals surface area contributed by atoms with Gasteiger partial charge in [0.05, 0.1) is 0 Å². The van der Waals surface area contributed by atoms with E-state index in [1.807, 2.05) is 0 Å². The van der Waals surface area contributed by atoms with Crippen LogP contribution in [0.3, 0.4) is 0 Å². The average molecular weight is 174 g/mol. The Labute approximate surface area is 74.3 Å². The Hall–Kier alpha value is 0.937. The monoisotopic (exact) mass is 174 g/mol. The van der Waals surface area contributed by atoms with Crippen LogP contribution in [0.2, 0.25) is 0 Å². The van der Waals surface area contributed by atoms with Crippen LogP contribution in [0.4, 0.5) is 0 Å². The first-order chi connectivity index (χ1) is 2.00. The van der Waals surface area contributed by atoms with Gasteiger partial charge in [0.2, 0.25) is 0 Å². The molecule has 58 valence electrons. The van der Waals surface area contributed by atoms with Gasteiger partial charge in [-0.2, -0.15) is 0 Å². The van der Waals surface area contributed by atoms with E-state index in [-0.39, 0.29) is 46.0 Å². The van der Waals surface area contributed by atoms with Crippen LogP contribution in [-0.4, -0.2) is 74.2 Å². The van der Waals surface area contributed by atoms with Crippen LogP contribution >= 0.6 is 0 Å². The third-order valence-electron chi connectivity index (χ3n) is 0. The van der Waals surface area contributed by atoms with Crippen molar-refractivity contribution in [2.24, 2.45) is 0 Å². The Morgan fingerprint density at radius 3 is 0.667 bits per heavy atom. The molecule has 9 heteroatoms. The molecule has 0 spiro atoms. The molecule has 0 radical (unpaired) electrons. The zero-order valence-electron chi connectivity index (χ0n) is 3.79. The Morgan fingerprint density at radius 2 is 0.667 bits per heavy atom. The van der Waals surface area contributed by atoms with Gasteiger partial charge in [0.1, 0.15) is 0 Å². The molecule has 9 heavy (non-hydrogen) atoms. The molecule has 0 aromatic heterocycles. The van der Waals surface area contributed by atoms with Gasteiger partial charge in [-0.15, -0.1) is 0 Å².